The lowest BCUT2D eigenvalue weighted by molar-refractivity contribution is 0.282. The standard InChI is InChI=1S/C9H11ClO3/c1-5-7(4-10)13-9(12-3)6(2)8(5)11/h4H2,1-3H3. The van der Waals surface area contributed by atoms with Gasteiger partial charge in [-0.1, -0.05) is 0 Å². The molecule has 1 aromatic heterocycles. The zero-order valence-electron chi connectivity index (χ0n) is 7.81. The SMILES string of the molecule is COc1oc(CCl)c(C)c(=O)c1C. The highest BCUT2D eigenvalue weighted by Crippen LogP contribution is 2.19. The Morgan fingerprint density at radius 3 is 2.46 bits per heavy atom. The second-order valence-electron chi connectivity index (χ2n) is 2.73. The zero-order valence-corrected chi connectivity index (χ0v) is 8.57. The minimum absolute atomic E-state index is 0.0706. The minimum atomic E-state index is -0.0706. The van der Waals surface area contributed by atoms with Crippen molar-refractivity contribution in [2.75, 3.05) is 7.11 Å². The van der Waals surface area contributed by atoms with Gasteiger partial charge in [-0.15, -0.1) is 11.6 Å². The summed E-state index contributed by atoms with van der Waals surface area (Å²) < 4.78 is 10.2. The van der Waals surface area contributed by atoms with E-state index in [9.17, 15) is 4.79 Å². The average Bonchev–Trinajstić information content (AvgIpc) is 2.15. The fraction of sp³-hybridized carbons (Fsp3) is 0.444. The van der Waals surface area contributed by atoms with E-state index in [0.29, 0.717) is 16.9 Å². The molecule has 0 bridgehead atoms. The minimum Gasteiger partial charge on any atom is -0.468 e. The molecule has 1 aromatic rings. The number of hydrogen-bond donors (Lipinski definition) is 0. The van der Waals surface area contributed by atoms with Crippen LogP contribution in [0.15, 0.2) is 9.21 Å². The molecule has 4 heteroatoms. The molecule has 0 saturated heterocycles. The van der Waals surface area contributed by atoms with Crippen molar-refractivity contribution in [3.05, 3.63) is 27.1 Å². The van der Waals surface area contributed by atoms with E-state index in [1.165, 1.54) is 7.11 Å². The molecule has 0 atom stereocenters. The first-order valence-corrected chi connectivity index (χ1v) is 4.38. The lowest BCUT2D eigenvalue weighted by Gasteiger charge is -2.06. The molecule has 0 fully saturated rings. The van der Waals surface area contributed by atoms with Crippen LogP contribution in [0.1, 0.15) is 16.9 Å². The fourth-order valence-electron chi connectivity index (χ4n) is 1.09. The molecule has 0 spiro atoms. The second-order valence-corrected chi connectivity index (χ2v) is 3.00. The predicted molar refractivity (Wildman–Crippen MR) is 50.6 cm³/mol. The van der Waals surface area contributed by atoms with Gasteiger partial charge >= 0.3 is 0 Å². The molecule has 13 heavy (non-hydrogen) atoms. The van der Waals surface area contributed by atoms with E-state index in [1.807, 2.05) is 0 Å². The number of hydrogen-bond acceptors (Lipinski definition) is 3. The molecule has 0 unspecified atom stereocenters. The lowest BCUT2D eigenvalue weighted by atomic mass is 10.2. The average molecular weight is 203 g/mol. The summed E-state index contributed by atoms with van der Waals surface area (Å²) >= 11 is 5.60. The smallest absolute Gasteiger partial charge is 0.291 e. The van der Waals surface area contributed by atoms with Crippen LogP contribution in [0.25, 0.3) is 0 Å². The van der Waals surface area contributed by atoms with Gasteiger partial charge in [-0.3, -0.25) is 4.79 Å². The van der Waals surface area contributed by atoms with Crippen molar-refractivity contribution in [3.8, 4) is 5.95 Å². The van der Waals surface area contributed by atoms with Crippen molar-refractivity contribution in [2.45, 2.75) is 19.7 Å². The molecule has 0 N–H and O–H groups in total. The van der Waals surface area contributed by atoms with E-state index in [0.717, 1.165) is 0 Å². The Hall–Kier alpha value is -0.960. The maximum absolute atomic E-state index is 11.5. The van der Waals surface area contributed by atoms with Gasteiger partial charge in [0.05, 0.1) is 18.6 Å². The molecule has 1 rings (SSSR count). The normalized spacial score (nSPS) is 10.2. The van der Waals surface area contributed by atoms with Crippen molar-refractivity contribution in [3.63, 3.8) is 0 Å². The van der Waals surface area contributed by atoms with Gasteiger partial charge in [0.25, 0.3) is 5.95 Å². The molecular weight excluding hydrogens is 192 g/mol. The molecule has 0 radical (unpaired) electrons. The number of halogens is 1. The summed E-state index contributed by atoms with van der Waals surface area (Å²) in [4.78, 5) is 11.5. The van der Waals surface area contributed by atoms with Crippen LogP contribution in [0.2, 0.25) is 0 Å². The van der Waals surface area contributed by atoms with Crippen molar-refractivity contribution in [1.82, 2.24) is 0 Å². The third-order valence-electron chi connectivity index (χ3n) is 1.93. The van der Waals surface area contributed by atoms with Crippen molar-refractivity contribution < 1.29 is 9.15 Å². The molecular formula is C9H11ClO3. The quantitative estimate of drug-likeness (QED) is 0.689. The number of rotatable bonds is 2. The topological polar surface area (TPSA) is 39.4 Å². The summed E-state index contributed by atoms with van der Waals surface area (Å²) in [6.07, 6.45) is 0. The number of methoxy groups -OCH3 is 1. The van der Waals surface area contributed by atoms with Gasteiger partial charge in [0.15, 0.2) is 5.43 Å². The Morgan fingerprint density at radius 1 is 1.38 bits per heavy atom. The maximum atomic E-state index is 11.5. The second kappa shape index (κ2) is 3.83. The van der Waals surface area contributed by atoms with E-state index in [-0.39, 0.29) is 17.3 Å². The lowest BCUT2D eigenvalue weighted by Crippen LogP contribution is -2.12. The van der Waals surface area contributed by atoms with Crippen molar-refractivity contribution in [2.24, 2.45) is 0 Å². The van der Waals surface area contributed by atoms with E-state index < -0.39 is 0 Å². The monoisotopic (exact) mass is 202 g/mol. The number of ether oxygens (including phenoxy) is 1. The van der Waals surface area contributed by atoms with Gasteiger partial charge in [0.2, 0.25) is 0 Å². The van der Waals surface area contributed by atoms with Crippen LogP contribution in [-0.4, -0.2) is 7.11 Å². The Labute approximate surface area is 81.3 Å². The zero-order chi connectivity index (χ0) is 10.0. The highest BCUT2D eigenvalue weighted by atomic mass is 35.5. The third-order valence-corrected chi connectivity index (χ3v) is 2.17. The molecule has 0 amide bonds. The summed E-state index contributed by atoms with van der Waals surface area (Å²) in [7, 11) is 1.46. The molecule has 0 aliphatic heterocycles. The van der Waals surface area contributed by atoms with Crippen LogP contribution in [0.4, 0.5) is 0 Å². The first kappa shape index (κ1) is 10.1. The summed E-state index contributed by atoms with van der Waals surface area (Å²) in [5.74, 6) is 0.887. The van der Waals surface area contributed by atoms with Gasteiger partial charge in [-0.05, 0) is 13.8 Å². The highest BCUT2D eigenvalue weighted by Gasteiger charge is 2.12. The summed E-state index contributed by atoms with van der Waals surface area (Å²) in [5.41, 5.74) is 0.959. The Bertz CT molecular complexity index is 337. The van der Waals surface area contributed by atoms with Crippen molar-refractivity contribution in [1.29, 1.82) is 0 Å². The van der Waals surface area contributed by atoms with E-state index in [1.54, 1.807) is 13.8 Å². The first-order chi connectivity index (χ1) is 6.11. The van der Waals surface area contributed by atoms with Gasteiger partial charge in [0, 0.05) is 5.56 Å². The largest absolute Gasteiger partial charge is 0.468 e. The Kier molecular flexibility index (Phi) is 2.98. The summed E-state index contributed by atoms with van der Waals surface area (Å²) in [6.45, 7) is 3.35. The molecule has 1 heterocycles. The molecule has 72 valence electrons. The van der Waals surface area contributed by atoms with E-state index >= 15 is 0 Å². The van der Waals surface area contributed by atoms with Crippen LogP contribution >= 0.6 is 11.6 Å². The summed E-state index contributed by atoms with van der Waals surface area (Å²) in [6, 6.07) is 0. The van der Waals surface area contributed by atoms with Crippen LogP contribution in [-0.2, 0) is 5.88 Å². The number of alkyl halides is 1. The molecule has 3 nitrogen and oxygen atoms in total. The third kappa shape index (κ3) is 1.70. The van der Waals surface area contributed by atoms with Gasteiger partial charge in [-0.2, -0.15) is 0 Å². The van der Waals surface area contributed by atoms with E-state index in [4.69, 9.17) is 20.8 Å². The predicted octanol–water partition coefficient (Wildman–Crippen LogP) is 2.00. The van der Waals surface area contributed by atoms with Gasteiger partial charge in [0.1, 0.15) is 5.76 Å². The van der Waals surface area contributed by atoms with Crippen molar-refractivity contribution >= 4 is 11.6 Å². The molecule has 0 aromatic carbocycles. The van der Waals surface area contributed by atoms with E-state index in [2.05, 4.69) is 0 Å². The molecule has 0 saturated carbocycles. The van der Waals surface area contributed by atoms with Crippen LogP contribution in [0.3, 0.4) is 0 Å². The molecule has 0 aliphatic rings. The van der Waals surface area contributed by atoms with Crippen LogP contribution in [0.5, 0.6) is 5.95 Å². The molecule has 0 aliphatic carbocycles. The van der Waals surface area contributed by atoms with Crippen LogP contribution < -0.4 is 10.2 Å². The fourth-order valence-corrected chi connectivity index (χ4v) is 1.34. The Balaban J connectivity index is 3.46. The van der Waals surface area contributed by atoms with Gasteiger partial charge in [-0.25, -0.2) is 0 Å². The van der Waals surface area contributed by atoms with Crippen LogP contribution in [0, 0.1) is 13.8 Å². The Morgan fingerprint density at radius 2 is 2.00 bits per heavy atom. The first-order valence-electron chi connectivity index (χ1n) is 3.85. The van der Waals surface area contributed by atoms with Gasteiger partial charge < -0.3 is 9.15 Å². The summed E-state index contributed by atoms with van der Waals surface area (Å²) in [5, 5.41) is 0. The highest BCUT2D eigenvalue weighted by molar-refractivity contribution is 6.16. The maximum Gasteiger partial charge on any atom is 0.291 e.